The maximum absolute atomic E-state index is 13.5. The van der Waals surface area contributed by atoms with Crippen LogP contribution in [0.15, 0.2) is 56.7 Å². The number of halogens is 1. The SMILES string of the molecule is CC(C)=O.CCCC1NCCc2c1oc1ccc(S(=O)(=O)c3cccc(F)c3)cc21. The Bertz CT molecular complexity index is 1160. The Morgan fingerprint density at radius 2 is 1.87 bits per heavy atom. The molecule has 7 heteroatoms. The minimum atomic E-state index is -3.78. The van der Waals surface area contributed by atoms with Gasteiger partial charge in [-0.05, 0) is 63.1 Å². The van der Waals surface area contributed by atoms with Gasteiger partial charge < -0.3 is 14.5 Å². The van der Waals surface area contributed by atoms with Crippen LogP contribution >= 0.6 is 0 Å². The van der Waals surface area contributed by atoms with E-state index < -0.39 is 15.7 Å². The van der Waals surface area contributed by atoms with E-state index in [1.54, 1.807) is 12.1 Å². The summed E-state index contributed by atoms with van der Waals surface area (Å²) in [5.74, 6) is 0.509. The summed E-state index contributed by atoms with van der Waals surface area (Å²) < 4.78 is 45.3. The van der Waals surface area contributed by atoms with Crippen molar-refractivity contribution in [2.45, 2.75) is 55.9 Å². The average Bonchev–Trinajstić information content (AvgIpc) is 3.07. The highest BCUT2D eigenvalue weighted by Crippen LogP contribution is 2.36. The Balaban J connectivity index is 0.000000589. The predicted octanol–water partition coefficient (Wildman–Crippen LogP) is 4.99. The molecule has 4 rings (SSSR count). The highest BCUT2D eigenvalue weighted by Gasteiger charge is 2.27. The summed E-state index contributed by atoms with van der Waals surface area (Å²) in [6, 6.07) is 10.1. The van der Waals surface area contributed by atoms with E-state index in [1.165, 1.54) is 38.1 Å². The fourth-order valence-electron chi connectivity index (χ4n) is 3.61. The van der Waals surface area contributed by atoms with Crippen LogP contribution in [0.25, 0.3) is 11.0 Å². The van der Waals surface area contributed by atoms with E-state index in [0.717, 1.165) is 48.6 Å². The van der Waals surface area contributed by atoms with Crippen LogP contribution in [0.1, 0.15) is 51.0 Å². The van der Waals surface area contributed by atoms with Crippen LogP contribution in [0.5, 0.6) is 0 Å². The van der Waals surface area contributed by atoms with Crippen molar-refractivity contribution in [3.8, 4) is 0 Å². The fraction of sp³-hybridized carbons (Fsp3) is 0.348. The van der Waals surface area contributed by atoms with E-state index >= 15 is 0 Å². The van der Waals surface area contributed by atoms with Gasteiger partial charge in [-0.15, -0.1) is 0 Å². The van der Waals surface area contributed by atoms with Crippen LogP contribution in [0.4, 0.5) is 4.39 Å². The highest BCUT2D eigenvalue weighted by atomic mass is 32.2. The Morgan fingerprint density at radius 1 is 1.17 bits per heavy atom. The Hall–Kier alpha value is -2.51. The van der Waals surface area contributed by atoms with Crippen molar-refractivity contribution < 1.29 is 22.0 Å². The van der Waals surface area contributed by atoms with Gasteiger partial charge in [0.25, 0.3) is 0 Å². The van der Waals surface area contributed by atoms with Crippen LogP contribution < -0.4 is 5.32 Å². The van der Waals surface area contributed by atoms with E-state index in [-0.39, 0.29) is 21.6 Å². The molecule has 2 aromatic carbocycles. The summed E-state index contributed by atoms with van der Waals surface area (Å²) in [6.07, 6.45) is 2.81. The number of fused-ring (bicyclic) bond motifs is 3. The van der Waals surface area contributed by atoms with Crippen molar-refractivity contribution in [3.05, 3.63) is 59.6 Å². The molecule has 160 valence electrons. The van der Waals surface area contributed by atoms with E-state index in [9.17, 15) is 17.6 Å². The lowest BCUT2D eigenvalue weighted by atomic mass is 9.97. The summed E-state index contributed by atoms with van der Waals surface area (Å²) >= 11 is 0. The zero-order valence-corrected chi connectivity index (χ0v) is 18.2. The lowest BCUT2D eigenvalue weighted by Gasteiger charge is -2.22. The van der Waals surface area contributed by atoms with E-state index in [2.05, 4.69) is 12.2 Å². The standard InChI is InChI=1S/C20H20FNO3S.C3H6O/c1-2-4-18-20-16(9-10-22-18)17-12-15(7-8-19(17)25-20)26(23,24)14-6-3-5-13(21)11-14;1-3(2)4/h3,5-8,11-12,18,22H,2,4,9-10H2,1H3;1-2H3. The minimum Gasteiger partial charge on any atom is -0.459 e. The first-order valence-electron chi connectivity index (χ1n) is 10.0. The molecule has 1 N–H and O–H groups in total. The summed E-state index contributed by atoms with van der Waals surface area (Å²) in [5, 5.41) is 4.29. The zero-order valence-electron chi connectivity index (χ0n) is 17.4. The molecule has 0 saturated carbocycles. The second-order valence-electron chi connectivity index (χ2n) is 7.52. The van der Waals surface area contributed by atoms with Gasteiger partial charge >= 0.3 is 0 Å². The first-order chi connectivity index (χ1) is 14.2. The van der Waals surface area contributed by atoms with Crippen LogP contribution in [-0.4, -0.2) is 20.7 Å². The molecular weight excluding hydrogens is 405 g/mol. The maximum Gasteiger partial charge on any atom is 0.206 e. The second-order valence-corrected chi connectivity index (χ2v) is 9.47. The van der Waals surface area contributed by atoms with Gasteiger partial charge in [0.15, 0.2) is 0 Å². The topological polar surface area (TPSA) is 76.4 Å². The first kappa shape index (κ1) is 22.2. The van der Waals surface area contributed by atoms with Crippen molar-refractivity contribution in [3.63, 3.8) is 0 Å². The average molecular weight is 432 g/mol. The molecule has 5 nitrogen and oxygen atoms in total. The molecule has 1 aromatic heterocycles. The molecule has 0 fully saturated rings. The molecular formula is C23H26FNO4S. The molecule has 3 aromatic rings. The predicted molar refractivity (Wildman–Crippen MR) is 114 cm³/mol. The minimum absolute atomic E-state index is 0.0419. The normalized spacial score (nSPS) is 15.9. The largest absolute Gasteiger partial charge is 0.459 e. The van der Waals surface area contributed by atoms with E-state index in [1.807, 2.05) is 0 Å². The molecule has 0 saturated heterocycles. The van der Waals surface area contributed by atoms with Gasteiger partial charge in [0.2, 0.25) is 9.84 Å². The van der Waals surface area contributed by atoms with Crippen molar-refractivity contribution in [2.24, 2.45) is 0 Å². The number of hydrogen-bond acceptors (Lipinski definition) is 5. The van der Waals surface area contributed by atoms with E-state index in [0.29, 0.717) is 5.58 Å². The molecule has 30 heavy (non-hydrogen) atoms. The molecule has 0 radical (unpaired) electrons. The summed E-state index contributed by atoms with van der Waals surface area (Å²) in [5.41, 5.74) is 1.77. The number of rotatable bonds is 4. The lowest BCUT2D eigenvalue weighted by molar-refractivity contribution is -0.114. The summed E-state index contributed by atoms with van der Waals surface area (Å²) in [6.45, 7) is 6.02. The molecule has 1 unspecified atom stereocenters. The third-order valence-corrected chi connectivity index (χ3v) is 6.62. The fourth-order valence-corrected chi connectivity index (χ4v) is 4.93. The smallest absolute Gasteiger partial charge is 0.206 e. The monoisotopic (exact) mass is 431 g/mol. The second kappa shape index (κ2) is 9.10. The third kappa shape index (κ3) is 4.63. The Labute approximate surface area is 176 Å². The van der Waals surface area contributed by atoms with Crippen LogP contribution in [0.2, 0.25) is 0 Å². The quantitative estimate of drug-likeness (QED) is 0.630. The number of nitrogens with one attached hydrogen (secondary N) is 1. The van der Waals surface area contributed by atoms with Gasteiger partial charge in [-0.25, -0.2) is 12.8 Å². The number of carbonyl (C=O) groups excluding carboxylic acids is 1. The van der Waals surface area contributed by atoms with Crippen LogP contribution in [-0.2, 0) is 21.1 Å². The molecule has 0 bridgehead atoms. The van der Waals surface area contributed by atoms with Crippen molar-refractivity contribution in [1.29, 1.82) is 0 Å². The molecule has 0 aliphatic carbocycles. The molecule has 1 aliphatic heterocycles. The van der Waals surface area contributed by atoms with Crippen molar-refractivity contribution >= 4 is 26.6 Å². The number of Topliss-reactive ketones (excluding diaryl/α,β-unsaturated/α-hetero) is 1. The number of furan rings is 1. The van der Waals surface area contributed by atoms with Gasteiger partial charge in [0.05, 0.1) is 15.8 Å². The number of carbonyl (C=O) groups is 1. The number of sulfone groups is 1. The zero-order chi connectivity index (χ0) is 21.9. The van der Waals surface area contributed by atoms with Crippen LogP contribution in [0.3, 0.4) is 0 Å². The lowest BCUT2D eigenvalue weighted by Crippen LogP contribution is -2.28. The van der Waals surface area contributed by atoms with Gasteiger partial charge in [0.1, 0.15) is 22.9 Å². The van der Waals surface area contributed by atoms with Crippen molar-refractivity contribution in [2.75, 3.05) is 6.54 Å². The van der Waals surface area contributed by atoms with Crippen LogP contribution in [0, 0.1) is 5.82 Å². The molecule has 0 spiro atoms. The molecule has 2 heterocycles. The van der Waals surface area contributed by atoms with Crippen molar-refractivity contribution in [1.82, 2.24) is 5.32 Å². The molecule has 1 aliphatic rings. The Morgan fingerprint density at radius 3 is 2.53 bits per heavy atom. The first-order valence-corrected chi connectivity index (χ1v) is 11.5. The number of ketones is 1. The summed E-state index contributed by atoms with van der Waals surface area (Å²) in [4.78, 5) is 9.56. The van der Waals surface area contributed by atoms with Gasteiger partial charge in [-0.1, -0.05) is 19.4 Å². The molecule has 0 amide bonds. The number of hydrogen-bond donors (Lipinski definition) is 1. The summed E-state index contributed by atoms with van der Waals surface area (Å²) in [7, 11) is -3.78. The third-order valence-electron chi connectivity index (χ3n) is 4.87. The molecule has 1 atom stereocenters. The van der Waals surface area contributed by atoms with E-state index in [4.69, 9.17) is 4.42 Å². The maximum atomic E-state index is 13.5. The van der Waals surface area contributed by atoms with Gasteiger partial charge in [0, 0.05) is 17.5 Å². The van der Waals surface area contributed by atoms with Gasteiger partial charge in [-0.3, -0.25) is 0 Å². The highest BCUT2D eigenvalue weighted by molar-refractivity contribution is 7.91. The van der Waals surface area contributed by atoms with Gasteiger partial charge in [-0.2, -0.15) is 0 Å². The Kier molecular flexibility index (Phi) is 6.73. The number of benzene rings is 2.